The van der Waals surface area contributed by atoms with Crippen molar-refractivity contribution in [3.8, 4) is 17.1 Å². The highest BCUT2D eigenvalue weighted by atomic mass is 19.3. The molecule has 1 spiro atoms. The van der Waals surface area contributed by atoms with E-state index in [0.717, 1.165) is 87.5 Å². The first-order chi connectivity index (χ1) is 18.8. The van der Waals surface area contributed by atoms with Gasteiger partial charge < -0.3 is 24.8 Å². The number of piperidine rings is 1. The van der Waals surface area contributed by atoms with Crippen LogP contribution in [0.2, 0.25) is 0 Å². The number of likely N-dealkylation sites (N-methyl/N-ethyl adjacent to an activating group) is 1. The number of nitrogens with one attached hydrogen (secondary N) is 1. The van der Waals surface area contributed by atoms with Gasteiger partial charge >= 0.3 is 0 Å². The lowest BCUT2D eigenvalue weighted by atomic mass is 9.57. The summed E-state index contributed by atoms with van der Waals surface area (Å²) in [6.07, 6.45) is 3.00. The topological polar surface area (TPSA) is 79.7 Å². The number of aliphatic hydroxyl groups is 1. The average Bonchev–Trinajstić information content (AvgIpc) is 3.41. The Morgan fingerprint density at radius 2 is 2.10 bits per heavy atom. The zero-order valence-electron chi connectivity index (χ0n) is 23.2. The van der Waals surface area contributed by atoms with E-state index in [-0.39, 0.29) is 24.4 Å². The number of anilines is 1. The minimum Gasteiger partial charge on any atom is -0.491 e. The number of halogens is 2. The number of hydrogen-bond donors (Lipinski definition) is 2. The van der Waals surface area contributed by atoms with Crippen LogP contribution in [-0.2, 0) is 11.2 Å². The maximum atomic E-state index is 13.0. The van der Waals surface area contributed by atoms with Crippen LogP contribution in [0.1, 0.15) is 49.8 Å². The van der Waals surface area contributed by atoms with Gasteiger partial charge in [0.25, 0.3) is 0 Å². The number of benzene rings is 1. The molecule has 3 heterocycles. The summed E-state index contributed by atoms with van der Waals surface area (Å²) in [6, 6.07) is 7.73. The minimum absolute atomic E-state index is 0.0242. The fraction of sp³-hybridized carbons (Fsp3) is 0.667. The summed E-state index contributed by atoms with van der Waals surface area (Å²) >= 11 is 0. The summed E-state index contributed by atoms with van der Waals surface area (Å²) < 4.78 is 37.4. The van der Waals surface area contributed by atoms with Crippen molar-refractivity contribution in [2.75, 3.05) is 51.4 Å². The van der Waals surface area contributed by atoms with Crippen molar-refractivity contribution in [1.29, 1.82) is 0 Å². The van der Waals surface area contributed by atoms with Gasteiger partial charge in [-0.25, -0.2) is 18.7 Å². The maximum absolute atomic E-state index is 13.0. The largest absolute Gasteiger partial charge is 0.491 e. The monoisotopic (exact) mass is 544 g/mol. The smallest absolute Gasteiger partial charge is 0.238 e. The Hall–Kier alpha value is -2.36. The Balaban J connectivity index is 1.41. The van der Waals surface area contributed by atoms with E-state index in [9.17, 15) is 13.9 Å². The van der Waals surface area contributed by atoms with Gasteiger partial charge in [-0.2, -0.15) is 0 Å². The van der Waals surface area contributed by atoms with Crippen LogP contribution in [-0.4, -0.2) is 74.1 Å². The van der Waals surface area contributed by atoms with E-state index in [0.29, 0.717) is 24.0 Å². The standard InChI is InChI=1S/C30H42F2N4O3/c1-20-26(11-21-7-10-38-17-21)34-28(23-5-3-6-25(13-23)39-18-24(37)16-33-2)35-29(20)36-9-4-8-30(19-36)14-22(15-30)12-27(31)32/h3,5-6,13,21-22,24,27,33,37H,4,7-12,14-19H2,1-2H3/t21-,22?,24?,30?/m0/s1. The van der Waals surface area contributed by atoms with Crippen molar-refractivity contribution in [2.45, 2.75) is 64.4 Å². The SMILES string of the molecule is CNCC(O)COc1cccc(-c2nc(C[C@@H]3CCOC3)c(C)c(N3CCCC4(CC(CC(F)F)C4)C3)n2)c1. The van der Waals surface area contributed by atoms with Crippen LogP contribution in [0.3, 0.4) is 0 Å². The first kappa shape index (κ1) is 28.2. The summed E-state index contributed by atoms with van der Waals surface area (Å²) in [5.74, 6) is 2.86. The lowest BCUT2D eigenvalue weighted by molar-refractivity contribution is -0.00265. The second-order valence-electron chi connectivity index (χ2n) is 11.9. The molecule has 0 bridgehead atoms. The average molecular weight is 545 g/mol. The van der Waals surface area contributed by atoms with Gasteiger partial charge in [-0.05, 0) is 81.9 Å². The zero-order valence-corrected chi connectivity index (χ0v) is 23.2. The number of aromatic nitrogens is 2. The van der Waals surface area contributed by atoms with Gasteiger partial charge in [-0.1, -0.05) is 12.1 Å². The number of rotatable bonds is 11. The molecule has 3 fully saturated rings. The molecule has 2 saturated heterocycles. The Kier molecular flexibility index (Phi) is 8.99. The molecule has 1 unspecified atom stereocenters. The third kappa shape index (κ3) is 6.87. The molecule has 1 saturated carbocycles. The molecule has 214 valence electrons. The first-order valence-electron chi connectivity index (χ1n) is 14.4. The second kappa shape index (κ2) is 12.4. The van der Waals surface area contributed by atoms with Crippen molar-refractivity contribution >= 4 is 5.82 Å². The molecular formula is C30H42F2N4O3. The molecule has 5 rings (SSSR count). The summed E-state index contributed by atoms with van der Waals surface area (Å²) in [5.41, 5.74) is 3.14. The molecule has 2 aliphatic heterocycles. The number of hydrogen-bond acceptors (Lipinski definition) is 7. The van der Waals surface area contributed by atoms with Gasteiger partial charge in [0.1, 0.15) is 24.3 Å². The normalized spacial score (nSPS) is 25.7. The van der Waals surface area contributed by atoms with Crippen LogP contribution in [0.5, 0.6) is 5.75 Å². The summed E-state index contributed by atoms with van der Waals surface area (Å²) in [5, 5.41) is 13.0. The summed E-state index contributed by atoms with van der Waals surface area (Å²) in [6.45, 7) is 6.10. The van der Waals surface area contributed by atoms with Crippen molar-refractivity contribution in [2.24, 2.45) is 17.3 Å². The molecule has 1 aliphatic carbocycles. The van der Waals surface area contributed by atoms with Gasteiger partial charge in [-0.15, -0.1) is 0 Å². The molecule has 2 aromatic rings. The molecule has 2 N–H and O–H groups in total. The Morgan fingerprint density at radius 1 is 1.26 bits per heavy atom. The predicted octanol–water partition coefficient (Wildman–Crippen LogP) is 4.64. The molecule has 9 heteroatoms. The lowest BCUT2D eigenvalue weighted by Crippen LogP contribution is -2.51. The molecule has 7 nitrogen and oxygen atoms in total. The van der Waals surface area contributed by atoms with Crippen molar-refractivity contribution < 1.29 is 23.4 Å². The molecule has 2 atom stereocenters. The van der Waals surface area contributed by atoms with Gasteiger partial charge in [0.2, 0.25) is 6.43 Å². The number of ether oxygens (including phenoxy) is 2. The highest BCUT2D eigenvalue weighted by Gasteiger charge is 2.47. The Bertz CT molecular complexity index is 1110. The van der Waals surface area contributed by atoms with Gasteiger partial charge in [0, 0.05) is 56.1 Å². The van der Waals surface area contributed by atoms with Gasteiger partial charge in [0.15, 0.2) is 5.82 Å². The van der Waals surface area contributed by atoms with E-state index >= 15 is 0 Å². The quantitative estimate of drug-likeness (QED) is 0.427. The fourth-order valence-electron chi connectivity index (χ4n) is 6.72. The third-order valence-corrected chi connectivity index (χ3v) is 8.62. The summed E-state index contributed by atoms with van der Waals surface area (Å²) in [7, 11) is 1.79. The minimum atomic E-state index is -2.22. The van der Waals surface area contributed by atoms with E-state index in [1.807, 2.05) is 24.3 Å². The summed E-state index contributed by atoms with van der Waals surface area (Å²) in [4.78, 5) is 12.5. The van der Waals surface area contributed by atoms with Crippen molar-refractivity contribution in [3.05, 3.63) is 35.5 Å². The van der Waals surface area contributed by atoms with Gasteiger partial charge in [-0.3, -0.25) is 0 Å². The van der Waals surface area contributed by atoms with Crippen molar-refractivity contribution in [1.82, 2.24) is 15.3 Å². The van der Waals surface area contributed by atoms with E-state index in [1.54, 1.807) is 7.05 Å². The van der Waals surface area contributed by atoms with Crippen LogP contribution in [0.15, 0.2) is 24.3 Å². The number of nitrogens with zero attached hydrogens (tertiary/aromatic N) is 3. The fourth-order valence-corrected chi connectivity index (χ4v) is 6.72. The van der Waals surface area contributed by atoms with E-state index in [1.165, 1.54) is 0 Å². The van der Waals surface area contributed by atoms with Crippen molar-refractivity contribution in [3.63, 3.8) is 0 Å². The molecule has 0 amide bonds. The highest BCUT2D eigenvalue weighted by Crippen LogP contribution is 2.53. The van der Waals surface area contributed by atoms with Crippen LogP contribution in [0.25, 0.3) is 11.4 Å². The molecular weight excluding hydrogens is 502 g/mol. The molecule has 1 aromatic heterocycles. The van der Waals surface area contributed by atoms with Crippen LogP contribution in [0.4, 0.5) is 14.6 Å². The molecule has 1 aromatic carbocycles. The number of alkyl halides is 2. The Labute approximate surface area is 230 Å². The first-order valence-corrected chi connectivity index (χ1v) is 14.4. The van der Waals surface area contributed by atoms with Gasteiger partial charge in [0.05, 0.1) is 0 Å². The molecule has 39 heavy (non-hydrogen) atoms. The molecule has 3 aliphatic rings. The highest BCUT2D eigenvalue weighted by molar-refractivity contribution is 5.62. The third-order valence-electron chi connectivity index (χ3n) is 8.62. The van der Waals surface area contributed by atoms with Crippen LogP contribution in [0, 0.1) is 24.2 Å². The van der Waals surface area contributed by atoms with E-state index < -0.39 is 12.5 Å². The second-order valence-corrected chi connectivity index (χ2v) is 11.9. The Morgan fingerprint density at radius 3 is 2.85 bits per heavy atom. The van der Waals surface area contributed by atoms with E-state index in [4.69, 9.17) is 19.4 Å². The van der Waals surface area contributed by atoms with Crippen LogP contribution < -0.4 is 15.0 Å². The zero-order chi connectivity index (χ0) is 27.4. The maximum Gasteiger partial charge on any atom is 0.238 e. The number of aliphatic hydroxyl groups excluding tert-OH is 1. The lowest BCUT2D eigenvalue weighted by Gasteiger charge is -2.53. The molecule has 0 radical (unpaired) electrons. The van der Waals surface area contributed by atoms with E-state index in [2.05, 4.69) is 17.1 Å². The van der Waals surface area contributed by atoms with Crippen LogP contribution >= 0.6 is 0 Å². The predicted molar refractivity (Wildman–Crippen MR) is 147 cm³/mol.